The van der Waals surface area contributed by atoms with Crippen molar-refractivity contribution in [3.05, 3.63) is 70.9 Å². The molecule has 0 aliphatic heterocycles. The number of H-pyrrole nitrogens is 1. The predicted octanol–water partition coefficient (Wildman–Crippen LogP) is 5.36. The van der Waals surface area contributed by atoms with Crippen molar-refractivity contribution in [3.8, 4) is 33.3 Å². The third-order valence-electron chi connectivity index (χ3n) is 4.55. The van der Waals surface area contributed by atoms with Gasteiger partial charge in [-0.15, -0.1) is 11.3 Å². The van der Waals surface area contributed by atoms with Crippen LogP contribution < -0.4 is 4.74 Å². The van der Waals surface area contributed by atoms with E-state index in [1.54, 1.807) is 23.6 Å². The maximum atomic E-state index is 10.7. The summed E-state index contributed by atoms with van der Waals surface area (Å²) >= 11 is 1.56. The van der Waals surface area contributed by atoms with Gasteiger partial charge in [-0.25, -0.2) is 4.98 Å². The van der Waals surface area contributed by atoms with E-state index in [1.165, 1.54) is 0 Å². The molecule has 2 N–H and O–H groups in total. The molecular weight excluding hydrogens is 370 g/mol. The summed E-state index contributed by atoms with van der Waals surface area (Å²) < 4.78 is 5.99. The van der Waals surface area contributed by atoms with Gasteiger partial charge >= 0.3 is 0 Å². The van der Waals surface area contributed by atoms with Gasteiger partial charge in [-0.2, -0.15) is 5.10 Å². The highest BCUT2D eigenvalue weighted by Gasteiger charge is 2.18. The number of aromatic nitrogens is 3. The number of phenols is 1. The molecule has 0 saturated carbocycles. The lowest BCUT2D eigenvalue weighted by molar-refractivity contribution is 0.301. The summed E-state index contributed by atoms with van der Waals surface area (Å²) in [5.41, 5.74) is 5.42. The maximum Gasteiger partial charge on any atom is 0.128 e. The zero-order chi connectivity index (χ0) is 19.5. The molecule has 4 aromatic rings. The van der Waals surface area contributed by atoms with E-state index in [1.807, 2.05) is 48.7 Å². The predicted molar refractivity (Wildman–Crippen MR) is 112 cm³/mol. The Morgan fingerprint density at radius 1 is 1.14 bits per heavy atom. The van der Waals surface area contributed by atoms with Crippen LogP contribution in [-0.2, 0) is 13.0 Å². The number of nitrogens with zero attached hydrogens (tertiary/aromatic N) is 2. The van der Waals surface area contributed by atoms with Gasteiger partial charge in [-0.3, -0.25) is 5.10 Å². The second kappa shape index (κ2) is 7.86. The molecule has 28 heavy (non-hydrogen) atoms. The minimum atomic E-state index is 0.152. The summed E-state index contributed by atoms with van der Waals surface area (Å²) in [4.78, 5) is 4.54. The Bertz CT molecular complexity index is 1090. The van der Waals surface area contributed by atoms with Gasteiger partial charge in [0, 0.05) is 22.7 Å². The molecule has 0 atom stereocenters. The summed E-state index contributed by atoms with van der Waals surface area (Å²) in [6.45, 7) is 4.50. The van der Waals surface area contributed by atoms with E-state index in [0.29, 0.717) is 17.9 Å². The molecule has 0 amide bonds. The summed E-state index contributed by atoms with van der Waals surface area (Å²) in [5, 5.41) is 20.8. The first-order valence-electron chi connectivity index (χ1n) is 9.14. The van der Waals surface area contributed by atoms with Gasteiger partial charge in [0.15, 0.2) is 0 Å². The lowest BCUT2D eigenvalue weighted by Crippen LogP contribution is -1.99. The molecule has 6 heteroatoms. The first-order valence-corrected chi connectivity index (χ1v) is 10.0. The van der Waals surface area contributed by atoms with Crippen LogP contribution in [0.25, 0.3) is 21.8 Å². The number of hydrogen-bond donors (Lipinski definition) is 2. The number of aryl methyl sites for hydroxylation is 2. The fraction of sp³-hybridized carbons (Fsp3) is 0.182. The second-order valence-corrected chi connectivity index (χ2v) is 7.42. The van der Waals surface area contributed by atoms with Crippen LogP contribution in [0.5, 0.6) is 11.5 Å². The summed E-state index contributed by atoms with van der Waals surface area (Å²) in [6.07, 6.45) is 2.54. The van der Waals surface area contributed by atoms with Crippen molar-refractivity contribution in [1.82, 2.24) is 15.2 Å². The number of rotatable bonds is 6. The average Bonchev–Trinajstić information content (AvgIpc) is 3.36. The standard InChI is InChI=1S/C22H21N3O2S/c1-3-16-9-17(21-18(11-23-25-21)22-24-14(2)13-28-22)19(26)10-20(16)27-12-15-7-5-4-6-8-15/h4-11,13,26H,3,12H2,1-2H3,(H,23,25). The van der Waals surface area contributed by atoms with Gasteiger partial charge in [0.1, 0.15) is 23.1 Å². The number of phenolic OH excluding ortho intramolecular Hbond substituents is 1. The lowest BCUT2D eigenvalue weighted by Gasteiger charge is -2.14. The van der Waals surface area contributed by atoms with Crippen LogP contribution in [0.3, 0.4) is 0 Å². The molecule has 2 aromatic carbocycles. The van der Waals surface area contributed by atoms with Gasteiger partial charge < -0.3 is 9.84 Å². The number of hydrogen-bond acceptors (Lipinski definition) is 5. The Kier molecular flexibility index (Phi) is 5.12. The fourth-order valence-electron chi connectivity index (χ4n) is 3.09. The zero-order valence-electron chi connectivity index (χ0n) is 15.8. The van der Waals surface area contributed by atoms with E-state index in [9.17, 15) is 5.11 Å². The number of thiazole rings is 1. The largest absolute Gasteiger partial charge is 0.507 e. The number of aromatic hydroxyl groups is 1. The van der Waals surface area contributed by atoms with E-state index in [-0.39, 0.29) is 5.75 Å². The number of benzene rings is 2. The van der Waals surface area contributed by atoms with E-state index in [4.69, 9.17) is 4.74 Å². The number of ether oxygens (including phenoxy) is 1. The zero-order valence-corrected chi connectivity index (χ0v) is 16.6. The van der Waals surface area contributed by atoms with Crippen molar-refractivity contribution in [2.75, 3.05) is 0 Å². The van der Waals surface area contributed by atoms with Crippen molar-refractivity contribution in [1.29, 1.82) is 0 Å². The maximum absolute atomic E-state index is 10.7. The number of nitrogens with one attached hydrogen (secondary N) is 1. The van der Waals surface area contributed by atoms with E-state index in [0.717, 1.165) is 39.5 Å². The Balaban J connectivity index is 1.67. The van der Waals surface area contributed by atoms with Gasteiger partial charge in [0.2, 0.25) is 0 Å². The molecule has 0 saturated heterocycles. The molecule has 142 valence electrons. The summed E-state index contributed by atoms with van der Waals surface area (Å²) in [5.74, 6) is 0.845. The topological polar surface area (TPSA) is 71.0 Å². The quantitative estimate of drug-likeness (QED) is 0.464. The third-order valence-corrected chi connectivity index (χ3v) is 5.55. The average molecular weight is 391 g/mol. The first-order chi connectivity index (χ1) is 13.7. The summed E-state index contributed by atoms with van der Waals surface area (Å²) in [7, 11) is 0. The molecule has 0 bridgehead atoms. The van der Waals surface area contributed by atoms with Gasteiger partial charge in [0.25, 0.3) is 0 Å². The van der Waals surface area contributed by atoms with Crippen molar-refractivity contribution in [3.63, 3.8) is 0 Å². The molecule has 0 radical (unpaired) electrons. The van der Waals surface area contributed by atoms with Crippen LogP contribution >= 0.6 is 11.3 Å². The van der Waals surface area contributed by atoms with E-state index < -0.39 is 0 Å². The van der Waals surface area contributed by atoms with E-state index in [2.05, 4.69) is 22.1 Å². The van der Waals surface area contributed by atoms with Crippen LogP contribution in [-0.4, -0.2) is 20.3 Å². The lowest BCUT2D eigenvalue weighted by atomic mass is 10.0. The third kappa shape index (κ3) is 3.64. The molecule has 0 spiro atoms. The highest BCUT2D eigenvalue weighted by atomic mass is 32.1. The number of aromatic amines is 1. The van der Waals surface area contributed by atoms with Gasteiger partial charge in [0.05, 0.1) is 17.5 Å². The molecule has 0 unspecified atom stereocenters. The van der Waals surface area contributed by atoms with Crippen LogP contribution in [0.1, 0.15) is 23.7 Å². The highest BCUT2D eigenvalue weighted by Crippen LogP contribution is 2.40. The normalized spacial score (nSPS) is 10.9. The van der Waals surface area contributed by atoms with Crippen molar-refractivity contribution in [2.24, 2.45) is 0 Å². The van der Waals surface area contributed by atoms with Crippen LogP contribution in [0.4, 0.5) is 0 Å². The van der Waals surface area contributed by atoms with Crippen LogP contribution in [0, 0.1) is 6.92 Å². The van der Waals surface area contributed by atoms with Crippen molar-refractivity contribution >= 4 is 11.3 Å². The minimum absolute atomic E-state index is 0.152. The van der Waals surface area contributed by atoms with Crippen LogP contribution in [0.2, 0.25) is 0 Å². The van der Waals surface area contributed by atoms with Crippen molar-refractivity contribution in [2.45, 2.75) is 26.9 Å². The Hall–Kier alpha value is -3.12. The molecule has 2 aromatic heterocycles. The Morgan fingerprint density at radius 3 is 2.68 bits per heavy atom. The highest BCUT2D eigenvalue weighted by molar-refractivity contribution is 7.13. The molecule has 5 nitrogen and oxygen atoms in total. The minimum Gasteiger partial charge on any atom is -0.507 e. The van der Waals surface area contributed by atoms with Crippen LogP contribution in [0.15, 0.2) is 54.0 Å². The van der Waals surface area contributed by atoms with E-state index >= 15 is 0 Å². The molecule has 4 rings (SSSR count). The molecular formula is C22H21N3O2S. The first kappa shape index (κ1) is 18.3. The molecule has 0 fully saturated rings. The van der Waals surface area contributed by atoms with Gasteiger partial charge in [-0.1, -0.05) is 37.3 Å². The fourth-order valence-corrected chi connectivity index (χ4v) is 3.90. The monoisotopic (exact) mass is 391 g/mol. The van der Waals surface area contributed by atoms with Crippen molar-refractivity contribution < 1.29 is 9.84 Å². The molecule has 2 heterocycles. The smallest absolute Gasteiger partial charge is 0.128 e. The Labute approximate surface area is 167 Å². The van der Waals surface area contributed by atoms with Gasteiger partial charge in [-0.05, 0) is 30.5 Å². The molecule has 0 aliphatic rings. The summed E-state index contributed by atoms with van der Waals surface area (Å²) in [6, 6.07) is 13.6. The SMILES string of the molecule is CCc1cc(-c2[nH]ncc2-c2nc(C)cs2)c(O)cc1OCc1ccccc1. The Morgan fingerprint density at radius 2 is 1.96 bits per heavy atom. The molecule has 0 aliphatic carbocycles. The second-order valence-electron chi connectivity index (χ2n) is 6.56.